The first kappa shape index (κ1) is 25.7. The van der Waals surface area contributed by atoms with Crippen LogP contribution in [0, 0.1) is 0 Å². The number of aryl methyl sites for hydroxylation is 1. The lowest BCUT2D eigenvalue weighted by Crippen LogP contribution is -2.43. The number of carbonyl (C=O) groups is 1. The van der Waals surface area contributed by atoms with Crippen LogP contribution in [0.15, 0.2) is 6.33 Å². The molecule has 0 spiro atoms. The summed E-state index contributed by atoms with van der Waals surface area (Å²) >= 11 is 1.74. The van der Waals surface area contributed by atoms with Crippen molar-refractivity contribution in [3.05, 3.63) is 16.8 Å². The number of aliphatic hydroxyl groups excluding tert-OH is 1. The maximum atomic E-state index is 12.5. The van der Waals surface area contributed by atoms with Crippen LogP contribution < -0.4 is 4.74 Å². The van der Waals surface area contributed by atoms with E-state index in [1.165, 1.54) is 10.4 Å². The van der Waals surface area contributed by atoms with Gasteiger partial charge in [-0.1, -0.05) is 0 Å². The van der Waals surface area contributed by atoms with E-state index in [1.54, 1.807) is 22.6 Å². The molecule has 1 saturated carbocycles. The molecule has 36 heavy (non-hydrogen) atoms. The van der Waals surface area contributed by atoms with E-state index < -0.39 is 11.7 Å². The Morgan fingerprint density at radius 2 is 2.00 bits per heavy atom. The fraction of sp³-hybridized carbons (Fsp3) is 0.741. The zero-order valence-corrected chi connectivity index (χ0v) is 22.7. The highest BCUT2D eigenvalue weighted by molar-refractivity contribution is 7.19. The predicted molar refractivity (Wildman–Crippen MR) is 139 cm³/mol. The lowest BCUT2D eigenvalue weighted by atomic mass is 9.91. The lowest BCUT2D eigenvalue weighted by molar-refractivity contribution is -0.00850. The van der Waals surface area contributed by atoms with Gasteiger partial charge in [0, 0.05) is 24.6 Å². The van der Waals surface area contributed by atoms with Crippen molar-refractivity contribution in [1.29, 1.82) is 0 Å². The van der Waals surface area contributed by atoms with Gasteiger partial charge in [-0.25, -0.2) is 14.8 Å². The van der Waals surface area contributed by atoms with Gasteiger partial charge in [0.2, 0.25) is 5.88 Å². The van der Waals surface area contributed by atoms with E-state index in [9.17, 15) is 9.90 Å². The van der Waals surface area contributed by atoms with Crippen molar-refractivity contribution >= 4 is 27.6 Å². The van der Waals surface area contributed by atoms with E-state index in [1.807, 2.05) is 27.8 Å². The zero-order valence-electron chi connectivity index (χ0n) is 21.9. The van der Waals surface area contributed by atoms with Gasteiger partial charge in [0.15, 0.2) is 0 Å². The minimum Gasteiger partial charge on any atom is -0.474 e. The van der Waals surface area contributed by atoms with Crippen molar-refractivity contribution in [3.8, 4) is 5.88 Å². The molecule has 2 aliphatic carbocycles. The van der Waals surface area contributed by atoms with Gasteiger partial charge < -0.3 is 24.2 Å². The maximum Gasteiger partial charge on any atom is 0.410 e. The molecule has 8 nitrogen and oxygen atoms in total. The molecule has 0 aromatic carbocycles. The number of nitrogens with zero attached hydrogens (tertiary/aromatic N) is 3. The molecule has 198 valence electrons. The molecule has 1 saturated heterocycles. The van der Waals surface area contributed by atoms with Gasteiger partial charge in [-0.15, -0.1) is 11.3 Å². The number of hydrogen-bond donors (Lipinski definition) is 1. The number of thiophene rings is 1. The summed E-state index contributed by atoms with van der Waals surface area (Å²) in [5, 5.41) is 11.9. The number of rotatable bonds is 6. The Labute approximate surface area is 217 Å². The van der Waals surface area contributed by atoms with Crippen LogP contribution in [0.3, 0.4) is 0 Å². The average Bonchev–Trinajstić information content (AvgIpc) is 3.56. The SMILES string of the molecule is CN(C(=O)OC(C)(C)C)C1CCC(Oc2ncnc3sc4c(c23)[C@@H](C[C@H](O)C2CCCO2)CC4)CC1. The first-order valence-corrected chi connectivity index (χ1v) is 14.2. The number of aromatic nitrogens is 2. The summed E-state index contributed by atoms with van der Waals surface area (Å²) in [5.41, 5.74) is 0.782. The third-order valence-corrected chi connectivity index (χ3v) is 8.94. The average molecular weight is 518 g/mol. The molecule has 1 amide bonds. The number of fused-ring (bicyclic) bond motifs is 3. The normalized spacial score (nSPS) is 27.1. The fourth-order valence-electron chi connectivity index (χ4n) is 5.91. The minimum atomic E-state index is -0.497. The molecule has 2 aromatic rings. The van der Waals surface area contributed by atoms with E-state index in [-0.39, 0.29) is 30.3 Å². The van der Waals surface area contributed by atoms with Crippen molar-refractivity contribution in [2.75, 3.05) is 13.7 Å². The van der Waals surface area contributed by atoms with E-state index in [4.69, 9.17) is 14.2 Å². The fourth-order valence-corrected chi connectivity index (χ4v) is 7.14. The summed E-state index contributed by atoms with van der Waals surface area (Å²) < 4.78 is 17.8. The van der Waals surface area contributed by atoms with E-state index in [0.717, 1.165) is 68.2 Å². The zero-order chi connectivity index (χ0) is 25.4. The Morgan fingerprint density at radius 3 is 2.69 bits per heavy atom. The molecular formula is C27H39N3O5S. The van der Waals surface area contributed by atoms with Crippen LogP contribution in [0.1, 0.15) is 88.5 Å². The molecule has 0 radical (unpaired) electrons. The predicted octanol–water partition coefficient (Wildman–Crippen LogP) is 5.21. The summed E-state index contributed by atoms with van der Waals surface area (Å²) in [6, 6.07) is 0.152. The second kappa shape index (κ2) is 10.4. The van der Waals surface area contributed by atoms with E-state index in [2.05, 4.69) is 9.97 Å². The highest BCUT2D eigenvalue weighted by Gasteiger charge is 2.35. The third-order valence-electron chi connectivity index (χ3n) is 7.77. The molecule has 5 rings (SSSR count). The van der Waals surface area contributed by atoms with Gasteiger partial charge in [-0.3, -0.25) is 0 Å². The second-order valence-electron chi connectivity index (χ2n) is 11.5. The Bertz CT molecular complexity index is 1070. The highest BCUT2D eigenvalue weighted by Crippen LogP contribution is 2.48. The van der Waals surface area contributed by atoms with Gasteiger partial charge in [-0.05, 0) is 90.0 Å². The Balaban J connectivity index is 1.26. The summed E-state index contributed by atoms with van der Waals surface area (Å²) in [6.07, 6.45) is 9.08. The Morgan fingerprint density at radius 1 is 1.22 bits per heavy atom. The molecule has 1 aliphatic heterocycles. The smallest absolute Gasteiger partial charge is 0.410 e. The van der Waals surface area contributed by atoms with Crippen molar-refractivity contribution in [2.24, 2.45) is 0 Å². The van der Waals surface area contributed by atoms with Gasteiger partial charge >= 0.3 is 6.09 Å². The lowest BCUT2D eigenvalue weighted by Gasteiger charge is -2.35. The van der Waals surface area contributed by atoms with Crippen LogP contribution in [0.5, 0.6) is 5.88 Å². The maximum absolute atomic E-state index is 12.5. The number of carbonyl (C=O) groups excluding carboxylic acids is 1. The molecule has 1 unspecified atom stereocenters. The number of amides is 1. The number of hydrogen-bond acceptors (Lipinski definition) is 8. The minimum absolute atomic E-state index is 0.0417. The standard InChI is InChI=1S/C27H39N3O5S/c1-27(2,3)35-26(32)30(4)17-8-10-18(11-9-17)34-24-23-22-16(14-19(31)20-6-5-13-33-20)7-12-21(22)36-25(23)29-15-28-24/h15-20,31H,5-14H2,1-4H3/t16-,17?,18?,19+,20?/m1/s1. The van der Waals surface area contributed by atoms with Crippen molar-refractivity contribution in [2.45, 2.75) is 114 Å². The summed E-state index contributed by atoms with van der Waals surface area (Å²) in [5.74, 6) is 0.944. The topological polar surface area (TPSA) is 94.0 Å². The van der Waals surface area contributed by atoms with E-state index >= 15 is 0 Å². The Hall–Kier alpha value is -1.97. The molecule has 1 N–H and O–H groups in total. The van der Waals surface area contributed by atoms with Crippen molar-refractivity contribution < 1.29 is 24.1 Å². The van der Waals surface area contributed by atoms with Crippen molar-refractivity contribution in [1.82, 2.24) is 14.9 Å². The third kappa shape index (κ3) is 5.48. The molecule has 2 fully saturated rings. The first-order chi connectivity index (χ1) is 17.2. The van der Waals surface area contributed by atoms with Crippen molar-refractivity contribution in [3.63, 3.8) is 0 Å². The molecule has 3 atom stereocenters. The summed E-state index contributed by atoms with van der Waals surface area (Å²) in [4.78, 5) is 25.7. The van der Waals surface area contributed by atoms with Crippen LogP contribution in [-0.2, 0) is 15.9 Å². The van der Waals surface area contributed by atoms with Gasteiger partial charge in [-0.2, -0.15) is 0 Å². The monoisotopic (exact) mass is 517 g/mol. The van der Waals surface area contributed by atoms with Gasteiger partial charge in [0.1, 0.15) is 22.9 Å². The molecule has 3 aliphatic rings. The largest absolute Gasteiger partial charge is 0.474 e. The van der Waals surface area contributed by atoms with Gasteiger partial charge in [0.05, 0.1) is 17.6 Å². The molecule has 3 heterocycles. The number of aliphatic hydroxyl groups is 1. The molecule has 2 aromatic heterocycles. The Kier molecular flexibility index (Phi) is 7.43. The van der Waals surface area contributed by atoms with E-state index in [0.29, 0.717) is 12.3 Å². The number of ether oxygens (including phenoxy) is 3. The van der Waals surface area contributed by atoms with Gasteiger partial charge in [0.25, 0.3) is 0 Å². The molecule has 0 bridgehead atoms. The first-order valence-electron chi connectivity index (χ1n) is 13.4. The van der Waals surface area contributed by atoms with Crippen LogP contribution in [-0.4, -0.2) is 69.7 Å². The van der Waals surface area contributed by atoms with Crippen LogP contribution in [0.25, 0.3) is 10.2 Å². The quantitative estimate of drug-likeness (QED) is 0.562. The summed E-state index contributed by atoms with van der Waals surface area (Å²) in [7, 11) is 1.83. The van der Waals surface area contributed by atoms with Crippen LogP contribution >= 0.6 is 11.3 Å². The summed E-state index contributed by atoms with van der Waals surface area (Å²) in [6.45, 7) is 6.42. The van der Waals surface area contributed by atoms with Crippen LogP contribution in [0.2, 0.25) is 0 Å². The van der Waals surface area contributed by atoms with Crippen LogP contribution in [0.4, 0.5) is 4.79 Å². The highest BCUT2D eigenvalue weighted by atomic mass is 32.1. The molecular weight excluding hydrogens is 478 g/mol. The molecule has 9 heteroatoms. The second-order valence-corrected chi connectivity index (χ2v) is 12.6.